The number of ether oxygens (including phenoxy) is 2. The summed E-state index contributed by atoms with van der Waals surface area (Å²) in [6.07, 6.45) is 0. The van der Waals surface area contributed by atoms with Gasteiger partial charge in [-0.2, -0.15) is 0 Å². The van der Waals surface area contributed by atoms with Crippen molar-refractivity contribution in [3.05, 3.63) is 89.5 Å². The summed E-state index contributed by atoms with van der Waals surface area (Å²) in [5.74, 6) is 2.68. The zero-order valence-electron chi connectivity index (χ0n) is 19.1. The van der Waals surface area contributed by atoms with Gasteiger partial charge in [-0.1, -0.05) is 60.6 Å². The summed E-state index contributed by atoms with van der Waals surface area (Å²) in [5, 5.41) is 1.01. The van der Waals surface area contributed by atoms with Crippen LogP contribution < -0.4 is 9.47 Å². The summed E-state index contributed by atoms with van der Waals surface area (Å²) in [5.41, 5.74) is 4.62. The van der Waals surface area contributed by atoms with Gasteiger partial charge in [-0.15, -0.1) is 24.0 Å². The van der Waals surface area contributed by atoms with Gasteiger partial charge >= 0.3 is 0 Å². The van der Waals surface area contributed by atoms with E-state index in [1.54, 1.807) is 26.0 Å². The molecule has 0 saturated heterocycles. The van der Waals surface area contributed by atoms with Gasteiger partial charge in [0.05, 0.1) is 19.9 Å². The maximum Gasteiger partial charge on any atom is 0.164 e. The molecule has 0 aliphatic rings. The van der Waals surface area contributed by atoms with Crippen molar-refractivity contribution in [2.45, 2.75) is 26.9 Å². The van der Waals surface area contributed by atoms with Crippen LogP contribution in [0.1, 0.15) is 23.6 Å². The van der Waals surface area contributed by atoms with E-state index in [0.29, 0.717) is 0 Å². The quantitative estimate of drug-likeness (QED) is 0.167. The third-order valence-corrected chi connectivity index (χ3v) is 5.76. The zero-order chi connectivity index (χ0) is 22.1. The van der Waals surface area contributed by atoms with E-state index in [1.807, 2.05) is 24.3 Å². The average Bonchev–Trinajstić information content (AvgIpc) is 2.81. The van der Waals surface area contributed by atoms with Crippen LogP contribution in [-0.2, 0) is 13.1 Å². The Morgan fingerprint density at radius 1 is 0.781 bits per heavy atom. The first-order chi connectivity index (χ1) is 15.1. The lowest BCUT2D eigenvalue weighted by Gasteiger charge is -2.26. The first kappa shape index (κ1) is 26.1. The monoisotopic (exact) mass is 562 g/mol. The van der Waals surface area contributed by atoms with Gasteiger partial charge in [0.15, 0.2) is 5.17 Å². The van der Waals surface area contributed by atoms with Crippen LogP contribution in [0.2, 0.25) is 0 Å². The maximum absolute atomic E-state index is 5.31. The number of aryl methyl sites for hydroxylation is 1. The van der Waals surface area contributed by atoms with E-state index in [1.165, 1.54) is 16.7 Å². The van der Waals surface area contributed by atoms with E-state index in [4.69, 9.17) is 14.5 Å². The number of nitrogens with zero attached hydrogens (tertiary/aromatic N) is 2. The van der Waals surface area contributed by atoms with Crippen molar-refractivity contribution >= 4 is 46.6 Å². The van der Waals surface area contributed by atoms with Crippen molar-refractivity contribution in [2.24, 2.45) is 4.99 Å². The molecule has 32 heavy (non-hydrogen) atoms. The summed E-state index contributed by atoms with van der Waals surface area (Å²) in [6, 6.07) is 24.8. The molecule has 0 aromatic heterocycles. The minimum atomic E-state index is 0. The molecule has 6 heteroatoms. The molecule has 0 N–H and O–H groups in total. The SMILES string of the molecule is CCSC(=Nc1ccc(C)cc1)N(Cc1ccc(OC)cc1)Cc1ccc(OC)cc1.I. The third-order valence-electron chi connectivity index (χ3n) is 4.87. The minimum absolute atomic E-state index is 0. The second-order valence-electron chi connectivity index (χ2n) is 7.22. The van der Waals surface area contributed by atoms with Crippen LogP contribution in [0, 0.1) is 6.92 Å². The predicted octanol–water partition coefficient (Wildman–Crippen LogP) is 7.07. The molecule has 0 heterocycles. The lowest BCUT2D eigenvalue weighted by atomic mass is 10.1. The van der Waals surface area contributed by atoms with Crippen LogP contribution in [0.5, 0.6) is 11.5 Å². The Balaban J connectivity index is 0.00000363. The molecule has 0 saturated carbocycles. The summed E-state index contributed by atoms with van der Waals surface area (Å²) < 4.78 is 10.6. The number of benzene rings is 3. The molecular weight excluding hydrogens is 531 g/mol. The molecule has 0 radical (unpaired) electrons. The summed E-state index contributed by atoms with van der Waals surface area (Å²) >= 11 is 1.76. The van der Waals surface area contributed by atoms with Gasteiger partial charge in [-0.3, -0.25) is 0 Å². The van der Waals surface area contributed by atoms with Crippen molar-refractivity contribution in [2.75, 3.05) is 20.0 Å². The Labute approximate surface area is 213 Å². The van der Waals surface area contributed by atoms with Crippen LogP contribution >= 0.6 is 35.7 Å². The molecule has 3 aromatic carbocycles. The molecule has 3 aromatic rings. The van der Waals surface area contributed by atoms with Crippen molar-refractivity contribution in [3.63, 3.8) is 0 Å². The van der Waals surface area contributed by atoms with Crippen LogP contribution in [0.3, 0.4) is 0 Å². The molecule has 0 atom stereocenters. The van der Waals surface area contributed by atoms with Crippen LogP contribution in [-0.4, -0.2) is 30.0 Å². The Kier molecular flexibility index (Phi) is 10.9. The number of rotatable bonds is 8. The lowest BCUT2D eigenvalue weighted by Crippen LogP contribution is -2.28. The van der Waals surface area contributed by atoms with Crippen molar-refractivity contribution in [3.8, 4) is 11.5 Å². The van der Waals surface area contributed by atoms with Crippen LogP contribution in [0.25, 0.3) is 0 Å². The smallest absolute Gasteiger partial charge is 0.164 e. The highest BCUT2D eigenvalue weighted by Gasteiger charge is 2.14. The number of aliphatic imine (C=N–C) groups is 1. The highest BCUT2D eigenvalue weighted by atomic mass is 127. The molecule has 0 fully saturated rings. The van der Waals surface area contributed by atoms with Crippen LogP contribution in [0.15, 0.2) is 77.8 Å². The zero-order valence-corrected chi connectivity index (χ0v) is 22.2. The molecule has 4 nitrogen and oxygen atoms in total. The van der Waals surface area contributed by atoms with Gasteiger partial charge in [0, 0.05) is 13.1 Å². The second-order valence-corrected chi connectivity index (χ2v) is 8.45. The number of hydrogen-bond donors (Lipinski definition) is 0. The molecule has 0 amide bonds. The third kappa shape index (κ3) is 7.74. The molecule has 0 bridgehead atoms. The predicted molar refractivity (Wildman–Crippen MR) is 147 cm³/mol. The second kappa shape index (κ2) is 13.4. The highest BCUT2D eigenvalue weighted by Crippen LogP contribution is 2.23. The average molecular weight is 563 g/mol. The Morgan fingerprint density at radius 3 is 1.66 bits per heavy atom. The van der Waals surface area contributed by atoms with E-state index >= 15 is 0 Å². The largest absolute Gasteiger partial charge is 0.497 e. The van der Waals surface area contributed by atoms with Crippen molar-refractivity contribution in [1.82, 2.24) is 4.90 Å². The Hall–Kier alpha value is -2.19. The van der Waals surface area contributed by atoms with Gasteiger partial charge < -0.3 is 14.4 Å². The van der Waals surface area contributed by atoms with Gasteiger partial charge in [0.1, 0.15) is 11.5 Å². The maximum atomic E-state index is 5.31. The fourth-order valence-electron chi connectivity index (χ4n) is 3.15. The molecule has 3 rings (SSSR count). The standard InChI is InChI=1S/C26H30N2O2S.HI/c1-5-31-26(27-23-12-6-20(2)7-13-23)28(18-21-8-14-24(29-3)15-9-21)19-22-10-16-25(30-4)17-11-22;/h6-17H,5,18-19H2,1-4H3;1H. The Morgan fingerprint density at radius 2 is 1.25 bits per heavy atom. The van der Waals surface area contributed by atoms with E-state index in [2.05, 4.69) is 67.3 Å². The van der Waals surface area contributed by atoms with Gasteiger partial charge in [-0.25, -0.2) is 4.99 Å². The Bertz CT molecular complexity index is 925. The molecule has 0 aliphatic heterocycles. The first-order valence-electron chi connectivity index (χ1n) is 10.4. The van der Waals surface area contributed by atoms with E-state index in [-0.39, 0.29) is 24.0 Å². The van der Waals surface area contributed by atoms with E-state index in [0.717, 1.165) is 41.2 Å². The van der Waals surface area contributed by atoms with Crippen molar-refractivity contribution < 1.29 is 9.47 Å². The fourth-order valence-corrected chi connectivity index (χ4v) is 3.89. The summed E-state index contributed by atoms with van der Waals surface area (Å²) in [7, 11) is 3.38. The number of amidine groups is 1. The number of hydrogen-bond acceptors (Lipinski definition) is 4. The lowest BCUT2D eigenvalue weighted by molar-refractivity contribution is 0.405. The molecule has 170 valence electrons. The number of halogens is 1. The van der Waals surface area contributed by atoms with Gasteiger partial charge in [0.25, 0.3) is 0 Å². The normalized spacial score (nSPS) is 10.9. The van der Waals surface area contributed by atoms with Gasteiger partial charge in [0.2, 0.25) is 0 Å². The number of methoxy groups -OCH3 is 2. The minimum Gasteiger partial charge on any atom is -0.497 e. The summed E-state index contributed by atoms with van der Waals surface area (Å²) in [4.78, 5) is 7.34. The number of thioether (sulfide) groups is 1. The van der Waals surface area contributed by atoms with E-state index < -0.39 is 0 Å². The molecular formula is C26H31IN2O2S. The molecule has 0 unspecified atom stereocenters. The van der Waals surface area contributed by atoms with E-state index in [9.17, 15) is 0 Å². The topological polar surface area (TPSA) is 34.1 Å². The van der Waals surface area contributed by atoms with Crippen LogP contribution in [0.4, 0.5) is 5.69 Å². The highest BCUT2D eigenvalue weighted by molar-refractivity contribution is 14.0. The van der Waals surface area contributed by atoms with Crippen molar-refractivity contribution in [1.29, 1.82) is 0 Å². The molecule has 0 aliphatic carbocycles. The summed E-state index contributed by atoms with van der Waals surface area (Å²) in [6.45, 7) is 5.77. The first-order valence-corrected chi connectivity index (χ1v) is 11.4. The fraction of sp³-hybridized carbons (Fsp3) is 0.269. The molecule has 0 spiro atoms. The van der Waals surface area contributed by atoms with Gasteiger partial charge in [-0.05, 0) is 60.2 Å².